The second-order valence-corrected chi connectivity index (χ2v) is 7.67. The molecule has 7 heteroatoms. The molecule has 1 aliphatic heterocycles. The first-order valence-corrected chi connectivity index (χ1v) is 10.6. The molecule has 1 aromatic heterocycles. The normalized spacial score (nSPS) is 16.0. The standard InChI is InChI=1S/C24H27N3O4/c1-3-4-13-30-20-11-9-17(10-12-20)24-25-23(26-31-24)19-14-22(28)27(16-19)15-18-7-5-6-8-21(18)29-2/h5-12,19H,3-4,13-16H2,1-2H3. The molecule has 1 atom stereocenters. The number of carbonyl (C=O) groups excluding carboxylic acids is 1. The number of methoxy groups -OCH3 is 1. The Morgan fingerprint density at radius 3 is 2.74 bits per heavy atom. The number of unbranched alkanes of at least 4 members (excludes halogenated alkanes) is 1. The second-order valence-electron chi connectivity index (χ2n) is 7.67. The lowest BCUT2D eigenvalue weighted by atomic mass is 10.1. The third-order valence-electron chi connectivity index (χ3n) is 5.44. The fourth-order valence-corrected chi connectivity index (χ4v) is 3.68. The number of ether oxygens (including phenoxy) is 2. The van der Waals surface area contributed by atoms with Gasteiger partial charge < -0.3 is 18.9 Å². The van der Waals surface area contributed by atoms with Crippen LogP contribution in [0.5, 0.6) is 11.5 Å². The highest BCUT2D eigenvalue weighted by atomic mass is 16.5. The number of benzene rings is 2. The van der Waals surface area contributed by atoms with E-state index >= 15 is 0 Å². The Labute approximate surface area is 182 Å². The third kappa shape index (κ3) is 4.87. The van der Waals surface area contributed by atoms with Gasteiger partial charge in [-0.15, -0.1) is 0 Å². The van der Waals surface area contributed by atoms with Crippen LogP contribution in [0.15, 0.2) is 53.1 Å². The topological polar surface area (TPSA) is 77.7 Å². The molecule has 0 aliphatic carbocycles. The van der Waals surface area contributed by atoms with E-state index in [0.717, 1.165) is 35.5 Å². The fraction of sp³-hybridized carbons (Fsp3) is 0.375. The van der Waals surface area contributed by atoms with E-state index < -0.39 is 0 Å². The lowest BCUT2D eigenvalue weighted by Crippen LogP contribution is -2.24. The Bertz CT molecular complexity index is 1020. The van der Waals surface area contributed by atoms with E-state index in [4.69, 9.17) is 14.0 Å². The molecule has 4 rings (SSSR count). The highest BCUT2D eigenvalue weighted by Gasteiger charge is 2.34. The van der Waals surface area contributed by atoms with Crippen LogP contribution >= 0.6 is 0 Å². The average molecular weight is 421 g/mol. The predicted octanol–water partition coefficient (Wildman–Crippen LogP) is 4.44. The molecular weight excluding hydrogens is 394 g/mol. The van der Waals surface area contributed by atoms with Crippen molar-refractivity contribution in [3.05, 3.63) is 59.9 Å². The number of hydrogen-bond donors (Lipinski definition) is 0. The van der Waals surface area contributed by atoms with E-state index in [-0.39, 0.29) is 11.8 Å². The minimum Gasteiger partial charge on any atom is -0.496 e. The highest BCUT2D eigenvalue weighted by Crippen LogP contribution is 2.31. The van der Waals surface area contributed by atoms with Crippen LogP contribution in [0.2, 0.25) is 0 Å². The van der Waals surface area contributed by atoms with Gasteiger partial charge in [0.15, 0.2) is 5.82 Å². The van der Waals surface area contributed by atoms with Crippen molar-refractivity contribution in [2.24, 2.45) is 0 Å². The monoisotopic (exact) mass is 421 g/mol. The summed E-state index contributed by atoms with van der Waals surface area (Å²) in [6.07, 6.45) is 2.50. The molecule has 1 aliphatic rings. The van der Waals surface area contributed by atoms with Crippen LogP contribution in [-0.4, -0.2) is 41.2 Å². The zero-order valence-electron chi connectivity index (χ0n) is 17.9. The predicted molar refractivity (Wildman–Crippen MR) is 116 cm³/mol. The minimum atomic E-state index is -0.0867. The third-order valence-corrected chi connectivity index (χ3v) is 5.44. The first kappa shape index (κ1) is 20.9. The molecule has 162 valence electrons. The summed E-state index contributed by atoms with van der Waals surface area (Å²) in [6.45, 7) is 3.90. The number of para-hydroxylation sites is 1. The Hall–Kier alpha value is -3.35. The molecule has 1 fully saturated rings. The van der Waals surface area contributed by atoms with E-state index in [0.29, 0.717) is 37.8 Å². The maximum atomic E-state index is 12.6. The van der Waals surface area contributed by atoms with Gasteiger partial charge in [-0.3, -0.25) is 4.79 Å². The average Bonchev–Trinajstić information content (AvgIpc) is 3.42. The molecule has 2 aromatic carbocycles. The lowest BCUT2D eigenvalue weighted by Gasteiger charge is -2.17. The van der Waals surface area contributed by atoms with Crippen LogP contribution in [0.4, 0.5) is 0 Å². The zero-order chi connectivity index (χ0) is 21.6. The van der Waals surface area contributed by atoms with Gasteiger partial charge in [-0.25, -0.2) is 0 Å². The van der Waals surface area contributed by atoms with Gasteiger partial charge in [-0.1, -0.05) is 36.7 Å². The van der Waals surface area contributed by atoms with Crippen LogP contribution in [0.3, 0.4) is 0 Å². The first-order chi connectivity index (χ1) is 15.2. The van der Waals surface area contributed by atoms with Gasteiger partial charge in [-0.05, 0) is 36.8 Å². The molecule has 3 aromatic rings. The summed E-state index contributed by atoms with van der Waals surface area (Å²) >= 11 is 0. The Kier molecular flexibility index (Phi) is 6.50. The van der Waals surface area contributed by atoms with Gasteiger partial charge >= 0.3 is 0 Å². The highest BCUT2D eigenvalue weighted by molar-refractivity contribution is 5.79. The van der Waals surface area contributed by atoms with Crippen molar-refractivity contribution >= 4 is 5.91 Å². The summed E-state index contributed by atoms with van der Waals surface area (Å²) in [6, 6.07) is 15.4. The van der Waals surface area contributed by atoms with Crippen LogP contribution in [0, 0.1) is 0 Å². The molecule has 1 amide bonds. The van der Waals surface area contributed by atoms with Crippen molar-refractivity contribution in [1.82, 2.24) is 15.0 Å². The van der Waals surface area contributed by atoms with Gasteiger partial charge in [0.25, 0.3) is 5.89 Å². The molecule has 0 N–H and O–H groups in total. The molecular formula is C24H27N3O4. The summed E-state index contributed by atoms with van der Waals surface area (Å²) in [7, 11) is 1.64. The molecule has 0 saturated carbocycles. The number of aromatic nitrogens is 2. The summed E-state index contributed by atoms with van der Waals surface area (Å²) < 4.78 is 16.6. The Morgan fingerprint density at radius 1 is 1.16 bits per heavy atom. The van der Waals surface area contributed by atoms with Crippen LogP contribution in [-0.2, 0) is 11.3 Å². The van der Waals surface area contributed by atoms with Gasteiger partial charge in [0.05, 0.1) is 13.7 Å². The van der Waals surface area contributed by atoms with Crippen LogP contribution in [0.1, 0.15) is 43.5 Å². The number of rotatable bonds is 9. The smallest absolute Gasteiger partial charge is 0.257 e. The van der Waals surface area contributed by atoms with Crippen molar-refractivity contribution in [2.45, 2.75) is 38.6 Å². The number of likely N-dealkylation sites (tertiary alicyclic amines) is 1. The van der Waals surface area contributed by atoms with Crippen molar-refractivity contribution in [3.63, 3.8) is 0 Å². The van der Waals surface area contributed by atoms with Gasteiger partial charge in [0.2, 0.25) is 5.91 Å². The maximum Gasteiger partial charge on any atom is 0.257 e. The van der Waals surface area contributed by atoms with Crippen LogP contribution < -0.4 is 9.47 Å². The van der Waals surface area contributed by atoms with E-state index in [1.165, 1.54) is 0 Å². The molecule has 2 heterocycles. The Balaban J connectivity index is 1.40. The Morgan fingerprint density at radius 2 is 1.97 bits per heavy atom. The molecule has 1 saturated heterocycles. The zero-order valence-corrected chi connectivity index (χ0v) is 17.9. The molecule has 7 nitrogen and oxygen atoms in total. The summed E-state index contributed by atoms with van der Waals surface area (Å²) in [5.74, 6) is 2.61. The molecule has 31 heavy (non-hydrogen) atoms. The van der Waals surface area contributed by atoms with Crippen molar-refractivity contribution in [3.8, 4) is 23.0 Å². The van der Waals surface area contributed by atoms with Crippen molar-refractivity contribution < 1.29 is 18.8 Å². The number of hydrogen-bond acceptors (Lipinski definition) is 6. The maximum absolute atomic E-state index is 12.6. The first-order valence-electron chi connectivity index (χ1n) is 10.6. The largest absolute Gasteiger partial charge is 0.496 e. The number of amides is 1. The quantitative estimate of drug-likeness (QED) is 0.475. The SMILES string of the molecule is CCCCOc1ccc(-c2nc(C3CC(=O)N(Cc4ccccc4OC)C3)no2)cc1. The lowest BCUT2D eigenvalue weighted by molar-refractivity contribution is -0.128. The molecule has 0 bridgehead atoms. The minimum absolute atomic E-state index is 0.0795. The van der Waals surface area contributed by atoms with E-state index in [2.05, 4.69) is 17.1 Å². The molecule has 1 unspecified atom stereocenters. The van der Waals surface area contributed by atoms with E-state index in [1.54, 1.807) is 7.11 Å². The van der Waals surface area contributed by atoms with Gasteiger partial charge in [0, 0.05) is 36.6 Å². The van der Waals surface area contributed by atoms with E-state index in [9.17, 15) is 4.79 Å². The van der Waals surface area contributed by atoms with Crippen molar-refractivity contribution in [1.29, 1.82) is 0 Å². The van der Waals surface area contributed by atoms with Gasteiger partial charge in [-0.2, -0.15) is 4.98 Å². The molecule has 0 spiro atoms. The van der Waals surface area contributed by atoms with Crippen LogP contribution in [0.25, 0.3) is 11.5 Å². The van der Waals surface area contributed by atoms with Gasteiger partial charge in [0.1, 0.15) is 11.5 Å². The summed E-state index contributed by atoms with van der Waals surface area (Å²) in [5, 5.41) is 4.15. The number of nitrogens with zero attached hydrogens (tertiary/aromatic N) is 3. The number of carbonyl (C=O) groups is 1. The second kappa shape index (κ2) is 9.64. The molecule has 0 radical (unpaired) electrons. The summed E-state index contributed by atoms with van der Waals surface area (Å²) in [4.78, 5) is 18.9. The summed E-state index contributed by atoms with van der Waals surface area (Å²) in [5.41, 5.74) is 1.81. The fourth-order valence-electron chi connectivity index (χ4n) is 3.68. The van der Waals surface area contributed by atoms with Crippen molar-refractivity contribution in [2.75, 3.05) is 20.3 Å². The van der Waals surface area contributed by atoms with E-state index in [1.807, 2.05) is 53.4 Å².